The van der Waals surface area contributed by atoms with Crippen molar-refractivity contribution in [2.24, 2.45) is 0 Å². The second-order valence-electron chi connectivity index (χ2n) is 11.5. The van der Waals surface area contributed by atoms with Gasteiger partial charge in [0.25, 0.3) is 0 Å². The summed E-state index contributed by atoms with van der Waals surface area (Å²) in [4.78, 5) is 51.9. The number of nitrogens with zero attached hydrogens (tertiary/aromatic N) is 2. The van der Waals surface area contributed by atoms with Crippen molar-refractivity contribution >= 4 is 57.6 Å². The first kappa shape index (κ1) is 36.2. The van der Waals surface area contributed by atoms with Crippen molar-refractivity contribution in [1.82, 2.24) is 0 Å². The molecule has 0 aliphatic rings. The Labute approximate surface area is 302 Å². The summed E-state index contributed by atoms with van der Waals surface area (Å²) in [5.41, 5.74) is 6.52. The first-order valence-corrected chi connectivity index (χ1v) is 16.3. The fourth-order valence-electron chi connectivity index (χ4n) is 5.38. The third kappa shape index (κ3) is 9.13. The van der Waals surface area contributed by atoms with E-state index in [0.717, 1.165) is 57.4 Å². The van der Waals surface area contributed by atoms with Gasteiger partial charge in [0.1, 0.15) is 11.5 Å². The second kappa shape index (κ2) is 17.0. The lowest BCUT2D eigenvalue weighted by Gasteiger charge is -2.29. The van der Waals surface area contributed by atoms with Crippen LogP contribution in [0.3, 0.4) is 0 Å². The first-order chi connectivity index (χ1) is 25.2. The van der Waals surface area contributed by atoms with Crippen LogP contribution in [0.5, 0.6) is 11.5 Å². The van der Waals surface area contributed by atoms with Crippen LogP contribution in [-0.4, -0.2) is 23.5 Å². The lowest BCUT2D eigenvalue weighted by Crippen LogP contribution is -2.13. The van der Waals surface area contributed by atoms with Gasteiger partial charge >= 0.3 is 11.9 Å². The highest BCUT2D eigenvalue weighted by atomic mass is 16.5. The van der Waals surface area contributed by atoms with Gasteiger partial charge in [-0.2, -0.15) is 0 Å². The van der Waals surface area contributed by atoms with E-state index in [0.29, 0.717) is 11.5 Å². The SMILES string of the molecule is C=CC(=O)Cc1ccc(N(c2ccc(CC(=O)C=C)cc2)c2cccc(N(c3ccc(OC(=O)C=C)cc3)c3ccc(OC(=O)C=C)cc3)c2)cc1. The molecule has 8 heteroatoms. The Bertz CT molecular complexity index is 1840. The summed E-state index contributed by atoms with van der Waals surface area (Å²) < 4.78 is 10.6. The first-order valence-electron chi connectivity index (χ1n) is 16.3. The number of ketones is 2. The van der Waals surface area contributed by atoms with E-state index in [1.807, 2.05) is 102 Å². The third-order valence-corrected chi connectivity index (χ3v) is 7.91. The number of hydrogen-bond acceptors (Lipinski definition) is 8. The number of rotatable bonds is 16. The Balaban J connectivity index is 1.60. The molecule has 0 aromatic heterocycles. The van der Waals surface area contributed by atoms with Gasteiger partial charge in [-0.3, -0.25) is 9.59 Å². The molecule has 52 heavy (non-hydrogen) atoms. The number of carbonyl (C=O) groups excluding carboxylic acids is 4. The number of esters is 2. The van der Waals surface area contributed by atoms with Gasteiger partial charge in [0.05, 0.1) is 0 Å². The summed E-state index contributed by atoms with van der Waals surface area (Å²) >= 11 is 0. The predicted octanol–water partition coefficient (Wildman–Crippen LogP) is 9.40. The Hall–Kier alpha value is -7.06. The van der Waals surface area contributed by atoms with Gasteiger partial charge in [0.15, 0.2) is 11.6 Å². The lowest BCUT2D eigenvalue weighted by atomic mass is 10.1. The van der Waals surface area contributed by atoms with Crippen molar-refractivity contribution in [3.63, 3.8) is 0 Å². The van der Waals surface area contributed by atoms with Crippen molar-refractivity contribution in [2.45, 2.75) is 12.8 Å². The van der Waals surface area contributed by atoms with Crippen LogP contribution in [0.1, 0.15) is 11.1 Å². The quantitative estimate of drug-likeness (QED) is 0.0575. The summed E-state index contributed by atoms with van der Waals surface area (Å²) in [6, 6.07) is 37.5. The van der Waals surface area contributed by atoms with Crippen molar-refractivity contribution < 1.29 is 28.7 Å². The van der Waals surface area contributed by atoms with Crippen LogP contribution < -0.4 is 19.3 Å². The zero-order chi connectivity index (χ0) is 37.0. The van der Waals surface area contributed by atoms with E-state index >= 15 is 0 Å². The summed E-state index contributed by atoms with van der Waals surface area (Å²) in [6.45, 7) is 14.1. The minimum Gasteiger partial charge on any atom is -0.423 e. The van der Waals surface area contributed by atoms with E-state index < -0.39 is 11.9 Å². The second-order valence-corrected chi connectivity index (χ2v) is 11.5. The molecule has 0 atom stereocenters. The van der Waals surface area contributed by atoms with Crippen molar-refractivity contribution in [1.29, 1.82) is 0 Å². The summed E-state index contributed by atoms with van der Waals surface area (Å²) in [6.07, 6.45) is 5.33. The molecule has 0 aliphatic carbocycles. The molecule has 5 aromatic rings. The highest BCUT2D eigenvalue weighted by Gasteiger charge is 2.18. The van der Waals surface area contributed by atoms with Gasteiger partial charge in [-0.1, -0.05) is 56.6 Å². The van der Waals surface area contributed by atoms with Gasteiger partial charge < -0.3 is 19.3 Å². The van der Waals surface area contributed by atoms with Gasteiger partial charge in [-0.05, 0) is 114 Å². The van der Waals surface area contributed by atoms with Crippen LogP contribution in [-0.2, 0) is 32.0 Å². The molecule has 0 amide bonds. The van der Waals surface area contributed by atoms with Crippen LogP contribution in [0.25, 0.3) is 0 Å². The standard InChI is InChI=1S/C44H36N2O6/c1-5-39(47)28-31-12-16-33(17-13-31)45(34-18-14-32(15-19-34)29-40(48)6-2)37-10-9-11-38(30-37)46(35-20-24-41(25-21-35)51-43(49)7-3)36-22-26-42(27-23-36)52-44(50)8-4/h5-27,30H,1-4,28-29H2. The third-order valence-electron chi connectivity index (χ3n) is 7.91. The predicted molar refractivity (Wildman–Crippen MR) is 205 cm³/mol. The van der Waals surface area contributed by atoms with Gasteiger partial charge in [0, 0.05) is 59.1 Å². The number of benzene rings is 5. The molecule has 0 saturated carbocycles. The molecule has 5 aromatic carbocycles. The monoisotopic (exact) mass is 688 g/mol. The zero-order valence-electron chi connectivity index (χ0n) is 28.4. The molecule has 0 heterocycles. The van der Waals surface area contributed by atoms with Crippen molar-refractivity contribution in [3.8, 4) is 11.5 Å². The highest BCUT2D eigenvalue weighted by Crippen LogP contribution is 2.41. The molecule has 0 saturated heterocycles. The molecular formula is C44H36N2O6. The van der Waals surface area contributed by atoms with Gasteiger partial charge in [-0.25, -0.2) is 9.59 Å². The topological polar surface area (TPSA) is 93.2 Å². The maximum absolute atomic E-state index is 12.1. The highest BCUT2D eigenvalue weighted by molar-refractivity contribution is 5.92. The van der Waals surface area contributed by atoms with Gasteiger partial charge in [0.2, 0.25) is 0 Å². The molecule has 8 nitrogen and oxygen atoms in total. The van der Waals surface area contributed by atoms with Crippen molar-refractivity contribution in [3.05, 3.63) is 183 Å². The molecule has 0 aliphatic heterocycles. The van der Waals surface area contributed by atoms with Crippen molar-refractivity contribution in [2.75, 3.05) is 9.80 Å². The molecule has 0 N–H and O–H groups in total. The zero-order valence-corrected chi connectivity index (χ0v) is 28.4. The fourth-order valence-corrected chi connectivity index (χ4v) is 5.38. The lowest BCUT2D eigenvalue weighted by molar-refractivity contribution is -0.129. The number of carbonyl (C=O) groups is 4. The maximum atomic E-state index is 12.1. The number of ether oxygens (including phenoxy) is 2. The van der Waals surface area contributed by atoms with Crippen LogP contribution in [0.15, 0.2) is 172 Å². The summed E-state index contributed by atoms with van der Waals surface area (Å²) in [5.74, 6) is -0.555. The average molecular weight is 689 g/mol. The molecular weight excluding hydrogens is 652 g/mol. The van der Waals surface area contributed by atoms with Crippen LogP contribution in [0.2, 0.25) is 0 Å². The van der Waals surface area contributed by atoms with Gasteiger partial charge in [-0.15, -0.1) is 0 Å². The fraction of sp³-hybridized carbons (Fsp3) is 0.0455. The van der Waals surface area contributed by atoms with E-state index in [1.165, 1.54) is 12.2 Å². The molecule has 0 fully saturated rings. The van der Waals surface area contributed by atoms with E-state index in [-0.39, 0.29) is 24.4 Å². The van der Waals surface area contributed by atoms with Crippen LogP contribution in [0, 0.1) is 0 Å². The largest absolute Gasteiger partial charge is 0.423 e. The molecule has 0 radical (unpaired) electrons. The summed E-state index contributed by atoms with van der Waals surface area (Å²) in [5, 5.41) is 0. The Morgan fingerprint density at radius 2 is 0.769 bits per heavy atom. The summed E-state index contributed by atoms with van der Waals surface area (Å²) in [7, 11) is 0. The number of hydrogen-bond donors (Lipinski definition) is 0. The Morgan fingerprint density at radius 1 is 0.442 bits per heavy atom. The molecule has 258 valence electrons. The van der Waals surface area contributed by atoms with Crippen LogP contribution in [0.4, 0.5) is 34.1 Å². The molecule has 0 spiro atoms. The minimum absolute atomic E-state index is 0.0686. The van der Waals surface area contributed by atoms with E-state index in [2.05, 4.69) is 31.2 Å². The Morgan fingerprint density at radius 3 is 1.08 bits per heavy atom. The van der Waals surface area contributed by atoms with Crippen LogP contribution >= 0.6 is 0 Å². The Kier molecular flexibility index (Phi) is 11.9. The normalized spacial score (nSPS) is 10.3. The number of anilines is 6. The van der Waals surface area contributed by atoms with E-state index in [1.54, 1.807) is 24.3 Å². The molecule has 5 rings (SSSR count). The molecule has 0 bridgehead atoms. The van der Waals surface area contributed by atoms with E-state index in [4.69, 9.17) is 9.47 Å². The average Bonchev–Trinajstić information content (AvgIpc) is 3.17. The smallest absolute Gasteiger partial charge is 0.335 e. The number of allylic oxidation sites excluding steroid dienone is 2. The van der Waals surface area contributed by atoms with E-state index in [9.17, 15) is 19.2 Å². The molecule has 0 unspecified atom stereocenters. The minimum atomic E-state index is -0.567. The maximum Gasteiger partial charge on any atom is 0.335 e.